The number of methoxy groups -OCH3 is 1. The second-order valence-electron chi connectivity index (χ2n) is 6.44. The minimum Gasteiger partial charge on any atom is -0.496 e. The van der Waals surface area contributed by atoms with Gasteiger partial charge in [-0.05, 0) is 54.7 Å². The number of thioether (sulfide) groups is 1. The van der Waals surface area contributed by atoms with Gasteiger partial charge in [-0.25, -0.2) is 0 Å². The van der Waals surface area contributed by atoms with Gasteiger partial charge in [0.25, 0.3) is 0 Å². The molecule has 22 heavy (non-hydrogen) atoms. The lowest BCUT2D eigenvalue weighted by molar-refractivity contribution is -0.143. The van der Waals surface area contributed by atoms with Crippen molar-refractivity contribution in [1.82, 2.24) is 0 Å². The summed E-state index contributed by atoms with van der Waals surface area (Å²) >= 11 is 2.02. The van der Waals surface area contributed by atoms with Crippen molar-refractivity contribution in [3.05, 3.63) is 29.3 Å². The van der Waals surface area contributed by atoms with Crippen LogP contribution in [0, 0.1) is 0 Å². The number of aliphatic carboxylic acids is 1. The summed E-state index contributed by atoms with van der Waals surface area (Å²) in [6.07, 6.45) is 5.80. The molecule has 3 nitrogen and oxygen atoms in total. The van der Waals surface area contributed by atoms with E-state index >= 15 is 0 Å². The molecule has 120 valence electrons. The molecule has 2 aliphatic rings. The summed E-state index contributed by atoms with van der Waals surface area (Å²) in [5.41, 5.74) is 1.45. The standard InChI is InChI=1S/C18H24O3S/c1-21-16-5-4-14(13-6-10-22-11-7-13)12-15(16)18(17(19)20)8-2-3-9-18/h4-5,12-13H,2-3,6-11H2,1H3,(H,19,20). The maximum Gasteiger partial charge on any atom is 0.314 e. The largest absolute Gasteiger partial charge is 0.496 e. The fraction of sp³-hybridized carbons (Fsp3) is 0.611. The van der Waals surface area contributed by atoms with E-state index in [4.69, 9.17) is 4.74 Å². The van der Waals surface area contributed by atoms with Crippen LogP contribution in [0.2, 0.25) is 0 Å². The molecule has 0 bridgehead atoms. The van der Waals surface area contributed by atoms with Crippen LogP contribution in [-0.4, -0.2) is 29.7 Å². The summed E-state index contributed by atoms with van der Waals surface area (Å²) in [6.45, 7) is 0. The fourth-order valence-electron chi connectivity index (χ4n) is 3.96. The minimum atomic E-state index is -0.745. The highest BCUT2D eigenvalue weighted by Crippen LogP contribution is 2.46. The Balaban J connectivity index is 2.02. The van der Waals surface area contributed by atoms with Crippen LogP contribution in [0.15, 0.2) is 18.2 Å². The molecule has 4 heteroatoms. The van der Waals surface area contributed by atoms with E-state index in [1.807, 2.05) is 17.8 Å². The molecular weight excluding hydrogens is 296 g/mol. The number of carbonyl (C=O) groups is 1. The normalized spacial score (nSPS) is 21.7. The van der Waals surface area contributed by atoms with E-state index in [2.05, 4.69) is 12.1 Å². The molecule has 2 fully saturated rings. The van der Waals surface area contributed by atoms with Crippen LogP contribution in [0.3, 0.4) is 0 Å². The van der Waals surface area contributed by atoms with E-state index in [9.17, 15) is 9.90 Å². The summed E-state index contributed by atoms with van der Waals surface area (Å²) in [7, 11) is 1.64. The van der Waals surface area contributed by atoms with Gasteiger partial charge in [-0.3, -0.25) is 4.79 Å². The van der Waals surface area contributed by atoms with Gasteiger partial charge in [0.15, 0.2) is 0 Å². The number of hydrogen-bond donors (Lipinski definition) is 1. The number of hydrogen-bond acceptors (Lipinski definition) is 3. The quantitative estimate of drug-likeness (QED) is 0.903. The Labute approximate surface area is 136 Å². The van der Waals surface area contributed by atoms with Crippen molar-refractivity contribution in [3.8, 4) is 5.75 Å². The zero-order valence-electron chi connectivity index (χ0n) is 13.1. The topological polar surface area (TPSA) is 46.5 Å². The average Bonchev–Trinajstić information content (AvgIpc) is 3.06. The summed E-state index contributed by atoms with van der Waals surface area (Å²) in [5.74, 6) is 3.02. The number of benzene rings is 1. The molecular formula is C18H24O3S. The van der Waals surface area contributed by atoms with E-state index in [1.165, 1.54) is 29.9 Å². The molecule has 1 saturated carbocycles. The van der Waals surface area contributed by atoms with Crippen molar-refractivity contribution >= 4 is 17.7 Å². The van der Waals surface area contributed by atoms with E-state index < -0.39 is 11.4 Å². The van der Waals surface area contributed by atoms with Crippen LogP contribution in [-0.2, 0) is 10.2 Å². The van der Waals surface area contributed by atoms with E-state index in [1.54, 1.807) is 7.11 Å². The molecule has 1 aromatic rings. The van der Waals surface area contributed by atoms with Crippen LogP contribution in [0.25, 0.3) is 0 Å². The highest BCUT2D eigenvalue weighted by molar-refractivity contribution is 7.99. The Hall–Kier alpha value is -1.16. The predicted octanol–water partition coefficient (Wildman–Crippen LogP) is 4.20. The fourth-order valence-corrected chi connectivity index (χ4v) is 5.07. The predicted molar refractivity (Wildman–Crippen MR) is 90.1 cm³/mol. The number of rotatable bonds is 4. The average molecular weight is 320 g/mol. The van der Waals surface area contributed by atoms with Gasteiger partial charge in [-0.1, -0.05) is 25.0 Å². The van der Waals surface area contributed by atoms with Gasteiger partial charge in [0.05, 0.1) is 12.5 Å². The smallest absolute Gasteiger partial charge is 0.314 e. The molecule has 1 N–H and O–H groups in total. The van der Waals surface area contributed by atoms with Gasteiger partial charge in [0, 0.05) is 5.56 Å². The Morgan fingerprint density at radius 3 is 2.55 bits per heavy atom. The van der Waals surface area contributed by atoms with Crippen LogP contribution in [0.1, 0.15) is 55.6 Å². The Kier molecular flexibility index (Phi) is 4.67. The van der Waals surface area contributed by atoms with Gasteiger partial charge in [0.2, 0.25) is 0 Å². The molecule has 1 aliphatic heterocycles. The molecule has 0 radical (unpaired) electrons. The molecule has 0 amide bonds. The third kappa shape index (κ3) is 2.73. The lowest BCUT2D eigenvalue weighted by Crippen LogP contribution is -2.33. The summed E-state index contributed by atoms with van der Waals surface area (Å²) in [5, 5.41) is 9.88. The maximum atomic E-state index is 12.0. The van der Waals surface area contributed by atoms with E-state index in [0.717, 1.165) is 37.0 Å². The molecule has 0 unspecified atom stereocenters. The van der Waals surface area contributed by atoms with Crippen molar-refractivity contribution in [1.29, 1.82) is 0 Å². The number of ether oxygens (including phenoxy) is 1. The van der Waals surface area contributed by atoms with Gasteiger partial charge < -0.3 is 9.84 Å². The van der Waals surface area contributed by atoms with Gasteiger partial charge in [0.1, 0.15) is 5.75 Å². The van der Waals surface area contributed by atoms with Gasteiger partial charge in [-0.15, -0.1) is 0 Å². The van der Waals surface area contributed by atoms with Crippen molar-refractivity contribution in [2.75, 3.05) is 18.6 Å². The summed E-state index contributed by atoms with van der Waals surface area (Å²) in [4.78, 5) is 12.0. The highest BCUT2D eigenvalue weighted by atomic mass is 32.2. The molecule has 3 rings (SSSR count). The molecule has 1 aromatic carbocycles. The first kappa shape index (κ1) is 15.7. The van der Waals surface area contributed by atoms with Crippen molar-refractivity contribution in [3.63, 3.8) is 0 Å². The van der Waals surface area contributed by atoms with Crippen LogP contribution in [0.5, 0.6) is 5.75 Å². The van der Waals surface area contributed by atoms with Crippen LogP contribution >= 0.6 is 11.8 Å². The van der Waals surface area contributed by atoms with Gasteiger partial charge in [-0.2, -0.15) is 11.8 Å². The monoisotopic (exact) mass is 320 g/mol. The molecule has 0 spiro atoms. The van der Waals surface area contributed by atoms with E-state index in [-0.39, 0.29) is 0 Å². The summed E-state index contributed by atoms with van der Waals surface area (Å²) in [6, 6.07) is 6.25. The first-order valence-corrected chi connectivity index (χ1v) is 9.32. The van der Waals surface area contributed by atoms with Crippen molar-refractivity contribution in [2.24, 2.45) is 0 Å². The summed E-state index contributed by atoms with van der Waals surface area (Å²) < 4.78 is 5.51. The third-order valence-electron chi connectivity index (χ3n) is 5.30. The zero-order chi connectivity index (χ0) is 15.6. The van der Waals surface area contributed by atoms with Gasteiger partial charge >= 0.3 is 5.97 Å². The Bertz CT molecular complexity index is 543. The van der Waals surface area contributed by atoms with Crippen LogP contribution in [0.4, 0.5) is 0 Å². The maximum absolute atomic E-state index is 12.0. The zero-order valence-corrected chi connectivity index (χ0v) is 14.0. The van der Waals surface area contributed by atoms with Crippen LogP contribution < -0.4 is 4.74 Å². The second-order valence-corrected chi connectivity index (χ2v) is 7.67. The van der Waals surface area contributed by atoms with Crippen molar-refractivity contribution in [2.45, 2.75) is 49.9 Å². The number of carboxylic acid groups (broad SMARTS) is 1. The molecule has 1 aliphatic carbocycles. The molecule has 0 aromatic heterocycles. The first-order chi connectivity index (χ1) is 10.7. The Morgan fingerprint density at radius 1 is 1.27 bits per heavy atom. The second kappa shape index (κ2) is 6.53. The molecule has 1 saturated heterocycles. The first-order valence-electron chi connectivity index (χ1n) is 8.17. The SMILES string of the molecule is COc1ccc(C2CCSCC2)cc1C1(C(=O)O)CCCC1. The van der Waals surface area contributed by atoms with Crippen molar-refractivity contribution < 1.29 is 14.6 Å². The van der Waals surface area contributed by atoms with E-state index in [0.29, 0.717) is 5.92 Å². The Morgan fingerprint density at radius 2 is 1.95 bits per heavy atom. The molecule has 0 atom stereocenters. The third-order valence-corrected chi connectivity index (χ3v) is 6.35. The highest BCUT2D eigenvalue weighted by Gasteiger charge is 2.45. The number of carboxylic acids is 1. The molecule has 1 heterocycles. The lowest BCUT2D eigenvalue weighted by atomic mass is 9.76. The lowest BCUT2D eigenvalue weighted by Gasteiger charge is -2.29. The minimum absolute atomic E-state index is 0.568.